The molecule has 2 amide bonds. The van der Waals surface area contributed by atoms with Gasteiger partial charge in [0.15, 0.2) is 5.82 Å². The highest BCUT2D eigenvalue weighted by Crippen LogP contribution is 2.36. The normalized spacial score (nSPS) is 17.1. The third-order valence-corrected chi connectivity index (χ3v) is 7.44. The molecule has 212 valence electrons. The number of aryl methyl sites for hydroxylation is 2. The molecule has 0 radical (unpaired) electrons. The van der Waals surface area contributed by atoms with Crippen LogP contribution in [0.15, 0.2) is 42.9 Å². The number of hydrogen-bond acceptors (Lipinski definition) is 6. The third-order valence-electron chi connectivity index (χ3n) is 7.15. The summed E-state index contributed by atoms with van der Waals surface area (Å²) in [5.41, 5.74) is 1.11. The lowest BCUT2D eigenvalue weighted by Gasteiger charge is -2.18. The molecule has 4 aromatic rings. The Labute approximate surface area is 242 Å². The molecule has 1 aromatic carbocycles. The van der Waals surface area contributed by atoms with Crippen molar-refractivity contribution >= 4 is 34.8 Å². The maximum Gasteiger partial charge on any atom is 0.276 e. The van der Waals surface area contributed by atoms with Crippen LogP contribution in [0.3, 0.4) is 0 Å². The molecule has 9 nitrogen and oxygen atoms in total. The van der Waals surface area contributed by atoms with E-state index in [1.165, 1.54) is 13.1 Å². The van der Waals surface area contributed by atoms with Crippen LogP contribution in [-0.2, 0) is 11.3 Å². The zero-order valence-corrected chi connectivity index (χ0v) is 23.0. The quantitative estimate of drug-likeness (QED) is 0.304. The Hall–Kier alpha value is -4.76. The number of aromatic nitrogens is 5. The van der Waals surface area contributed by atoms with Crippen molar-refractivity contribution in [3.8, 4) is 23.1 Å². The number of anilines is 2. The fourth-order valence-corrected chi connectivity index (χ4v) is 5.14. The molecule has 4 heterocycles. The van der Waals surface area contributed by atoms with Gasteiger partial charge in [-0.1, -0.05) is 29.5 Å². The summed E-state index contributed by atoms with van der Waals surface area (Å²) in [7, 11) is 0. The van der Waals surface area contributed by atoms with Gasteiger partial charge in [0.1, 0.15) is 11.6 Å². The Morgan fingerprint density at radius 1 is 1.14 bits per heavy atom. The molecule has 2 atom stereocenters. The first-order valence-corrected chi connectivity index (χ1v) is 13.2. The lowest BCUT2D eigenvalue weighted by atomic mass is 9.89. The van der Waals surface area contributed by atoms with Crippen molar-refractivity contribution in [2.75, 3.05) is 16.8 Å². The van der Waals surface area contributed by atoms with E-state index in [2.05, 4.69) is 37.2 Å². The van der Waals surface area contributed by atoms with Crippen molar-refractivity contribution in [1.82, 2.24) is 24.7 Å². The SMILES string of the molecule is Cc1nc(Cn2cc(NC(=O)c3nc(-c4c(C(F)F)ccc(Cl)c4F)cnc3C)cn2)ccc1N1C[C@H]2C#C[C@H]2C1=O. The molecule has 0 spiro atoms. The van der Waals surface area contributed by atoms with Crippen molar-refractivity contribution in [2.24, 2.45) is 11.8 Å². The Kier molecular flexibility index (Phi) is 6.90. The van der Waals surface area contributed by atoms with Crippen LogP contribution in [-0.4, -0.2) is 43.1 Å². The van der Waals surface area contributed by atoms with Crippen LogP contribution in [0, 0.1) is 43.3 Å². The van der Waals surface area contributed by atoms with Crippen molar-refractivity contribution in [2.45, 2.75) is 26.8 Å². The summed E-state index contributed by atoms with van der Waals surface area (Å²) >= 11 is 5.82. The van der Waals surface area contributed by atoms with Gasteiger partial charge in [-0.05, 0) is 32.0 Å². The summed E-state index contributed by atoms with van der Waals surface area (Å²) in [6.45, 7) is 4.20. The Balaban J connectivity index is 1.17. The molecular weight excluding hydrogens is 571 g/mol. The molecule has 2 aliphatic rings. The number of carbonyl (C=O) groups excluding carboxylic acids is 2. The first-order chi connectivity index (χ1) is 20.1. The van der Waals surface area contributed by atoms with Gasteiger partial charge in [0, 0.05) is 23.9 Å². The summed E-state index contributed by atoms with van der Waals surface area (Å²) in [5, 5.41) is 6.56. The van der Waals surface area contributed by atoms with E-state index in [0.717, 1.165) is 24.0 Å². The van der Waals surface area contributed by atoms with Gasteiger partial charge in [0.25, 0.3) is 12.3 Å². The second-order valence-corrected chi connectivity index (χ2v) is 10.3. The number of alkyl halides is 2. The molecule has 0 saturated carbocycles. The topological polar surface area (TPSA) is 106 Å². The lowest BCUT2D eigenvalue weighted by molar-refractivity contribution is -0.119. The highest BCUT2D eigenvalue weighted by molar-refractivity contribution is 6.31. The number of halogens is 4. The standard InChI is InChI=1S/C29H21ClF3N7O2/c1-14-23(40-11-16-3-5-19(16)29(40)42)8-4-17(36-14)12-39-13-18(9-35-39)37-28(41)26-15(2)34-10-22(38-26)24-20(27(32)33)6-7-21(30)25(24)31/h4,6-10,13,16,19,27H,11-12H2,1-2H3,(H,37,41)/t16-,19-/m1/s1. The summed E-state index contributed by atoms with van der Waals surface area (Å²) in [4.78, 5) is 40.2. The van der Waals surface area contributed by atoms with Gasteiger partial charge in [-0.2, -0.15) is 5.10 Å². The van der Waals surface area contributed by atoms with E-state index in [1.54, 1.807) is 15.8 Å². The molecule has 6 rings (SSSR count). The van der Waals surface area contributed by atoms with Crippen LogP contribution in [0.5, 0.6) is 0 Å². The number of fused-ring (bicyclic) bond motifs is 1. The van der Waals surface area contributed by atoms with Crippen LogP contribution in [0.1, 0.15) is 39.6 Å². The van der Waals surface area contributed by atoms with E-state index >= 15 is 0 Å². The molecular formula is C29H21ClF3N7O2. The Morgan fingerprint density at radius 2 is 1.95 bits per heavy atom. The van der Waals surface area contributed by atoms with Crippen molar-refractivity contribution in [1.29, 1.82) is 0 Å². The fraction of sp³-hybridized carbons (Fsp3) is 0.241. The van der Waals surface area contributed by atoms with Crippen LogP contribution in [0.2, 0.25) is 5.02 Å². The summed E-state index contributed by atoms with van der Waals surface area (Å²) in [5.74, 6) is 4.04. The van der Waals surface area contributed by atoms with E-state index < -0.39 is 29.3 Å². The lowest BCUT2D eigenvalue weighted by Crippen LogP contribution is -2.27. The molecule has 0 bridgehead atoms. The van der Waals surface area contributed by atoms with Gasteiger partial charge in [-0.3, -0.25) is 24.2 Å². The highest BCUT2D eigenvalue weighted by Gasteiger charge is 2.43. The second kappa shape index (κ2) is 10.6. The first-order valence-electron chi connectivity index (χ1n) is 12.8. The third kappa shape index (κ3) is 4.86. The average molecular weight is 592 g/mol. The van der Waals surface area contributed by atoms with E-state index in [1.807, 2.05) is 19.1 Å². The molecule has 3 aromatic heterocycles. The number of carbonyl (C=O) groups is 2. The first kappa shape index (κ1) is 27.4. The van der Waals surface area contributed by atoms with E-state index in [-0.39, 0.29) is 46.4 Å². The highest BCUT2D eigenvalue weighted by atomic mass is 35.5. The number of nitrogens with one attached hydrogen (secondary N) is 1. The number of pyridine rings is 1. The minimum absolute atomic E-state index is 0.00138. The number of hydrogen-bond donors (Lipinski definition) is 1. The molecule has 0 unspecified atom stereocenters. The minimum atomic E-state index is -3.00. The molecule has 1 fully saturated rings. The minimum Gasteiger partial charge on any atom is -0.318 e. The monoisotopic (exact) mass is 591 g/mol. The average Bonchev–Trinajstić information content (AvgIpc) is 3.45. The van der Waals surface area contributed by atoms with Crippen LogP contribution < -0.4 is 10.2 Å². The molecule has 1 N–H and O–H groups in total. The number of rotatable bonds is 7. The maximum atomic E-state index is 14.8. The van der Waals surface area contributed by atoms with E-state index in [0.29, 0.717) is 23.6 Å². The van der Waals surface area contributed by atoms with E-state index in [4.69, 9.17) is 11.6 Å². The number of benzene rings is 1. The van der Waals surface area contributed by atoms with Gasteiger partial charge in [0.2, 0.25) is 5.91 Å². The van der Waals surface area contributed by atoms with Crippen molar-refractivity contribution < 1.29 is 22.8 Å². The van der Waals surface area contributed by atoms with Gasteiger partial charge in [-0.25, -0.2) is 18.2 Å². The smallest absolute Gasteiger partial charge is 0.276 e. The predicted molar refractivity (Wildman–Crippen MR) is 147 cm³/mol. The van der Waals surface area contributed by atoms with E-state index in [9.17, 15) is 22.8 Å². The molecule has 1 saturated heterocycles. The van der Waals surface area contributed by atoms with Crippen LogP contribution in [0.4, 0.5) is 24.5 Å². The number of nitrogens with zero attached hydrogens (tertiary/aromatic N) is 6. The zero-order chi connectivity index (χ0) is 29.7. The van der Waals surface area contributed by atoms with Gasteiger partial charge in [-0.15, -0.1) is 0 Å². The molecule has 42 heavy (non-hydrogen) atoms. The summed E-state index contributed by atoms with van der Waals surface area (Å²) in [6, 6.07) is 5.70. The van der Waals surface area contributed by atoms with Gasteiger partial charge >= 0.3 is 0 Å². The zero-order valence-electron chi connectivity index (χ0n) is 22.2. The van der Waals surface area contributed by atoms with Crippen molar-refractivity contribution in [3.05, 3.63) is 82.0 Å². The van der Waals surface area contributed by atoms with Gasteiger partial charge < -0.3 is 10.2 Å². The predicted octanol–water partition coefficient (Wildman–Crippen LogP) is 4.98. The molecule has 13 heteroatoms. The Bertz CT molecular complexity index is 1830. The fourth-order valence-electron chi connectivity index (χ4n) is 4.98. The molecule has 1 aliphatic carbocycles. The van der Waals surface area contributed by atoms with Crippen LogP contribution in [0.25, 0.3) is 11.3 Å². The van der Waals surface area contributed by atoms with Gasteiger partial charge in [0.05, 0.1) is 64.0 Å². The summed E-state index contributed by atoms with van der Waals surface area (Å²) in [6.07, 6.45) is 1.12. The second-order valence-electron chi connectivity index (χ2n) is 9.93. The maximum absolute atomic E-state index is 14.8. The largest absolute Gasteiger partial charge is 0.318 e. The summed E-state index contributed by atoms with van der Waals surface area (Å²) < 4.78 is 43.5. The van der Waals surface area contributed by atoms with Crippen LogP contribution >= 0.6 is 11.6 Å². The van der Waals surface area contributed by atoms with Crippen molar-refractivity contribution in [3.63, 3.8) is 0 Å². The molecule has 1 aliphatic heterocycles. The Morgan fingerprint density at radius 3 is 2.62 bits per heavy atom. The number of amides is 2.